The lowest BCUT2D eigenvalue weighted by molar-refractivity contribution is 0.138. The van der Waals surface area contributed by atoms with Crippen molar-refractivity contribution in [1.29, 1.82) is 0 Å². The fourth-order valence-electron chi connectivity index (χ4n) is 0.188. The SMILES string of the molecule is [CH2]C(OC)C(C)Cl. The first-order chi connectivity index (χ1) is 3.18. The van der Waals surface area contributed by atoms with Crippen LogP contribution >= 0.6 is 11.6 Å². The standard InChI is InChI=1S/C5H10ClO/c1-4(6)5(2)7-3/h4-5H,2H2,1,3H3. The molecule has 7 heavy (non-hydrogen) atoms. The molecule has 0 aliphatic carbocycles. The molecule has 2 atom stereocenters. The maximum Gasteiger partial charge on any atom is 0.0733 e. The average molecular weight is 122 g/mol. The van der Waals surface area contributed by atoms with E-state index >= 15 is 0 Å². The van der Waals surface area contributed by atoms with Crippen LogP contribution in [0.25, 0.3) is 0 Å². The Kier molecular flexibility index (Phi) is 3.39. The van der Waals surface area contributed by atoms with Crippen molar-refractivity contribution in [3.05, 3.63) is 6.92 Å². The Morgan fingerprint density at radius 2 is 2.14 bits per heavy atom. The van der Waals surface area contributed by atoms with E-state index < -0.39 is 0 Å². The van der Waals surface area contributed by atoms with Gasteiger partial charge in [0.05, 0.1) is 11.5 Å². The quantitative estimate of drug-likeness (QED) is 0.503. The largest absolute Gasteiger partial charge is 0.380 e. The van der Waals surface area contributed by atoms with Crippen LogP contribution in [0.4, 0.5) is 0 Å². The smallest absolute Gasteiger partial charge is 0.0733 e. The summed E-state index contributed by atoms with van der Waals surface area (Å²) in [5, 5.41) is 0.00463. The van der Waals surface area contributed by atoms with Gasteiger partial charge in [0.1, 0.15) is 0 Å². The molecule has 0 heterocycles. The van der Waals surface area contributed by atoms with E-state index in [1.165, 1.54) is 0 Å². The lowest BCUT2D eigenvalue weighted by atomic mass is 10.3. The van der Waals surface area contributed by atoms with Crippen molar-refractivity contribution >= 4 is 11.6 Å². The van der Waals surface area contributed by atoms with Crippen molar-refractivity contribution in [3.63, 3.8) is 0 Å². The highest BCUT2D eigenvalue weighted by Gasteiger charge is 2.04. The lowest BCUT2D eigenvalue weighted by Gasteiger charge is -2.09. The van der Waals surface area contributed by atoms with Gasteiger partial charge in [-0.25, -0.2) is 0 Å². The Morgan fingerprint density at radius 1 is 1.71 bits per heavy atom. The Bertz CT molecular complexity index is 45.3. The van der Waals surface area contributed by atoms with Gasteiger partial charge in [-0.05, 0) is 13.8 Å². The van der Waals surface area contributed by atoms with E-state index in [1.807, 2.05) is 6.92 Å². The molecule has 0 saturated heterocycles. The third kappa shape index (κ3) is 2.89. The summed E-state index contributed by atoms with van der Waals surface area (Å²) in [6.45, 7) is 5.45. The zero-order chi connectivity index (χ0) is 5.86. The van der Waals surface area contributed by atoms with Gasteiger partial charge in [-0.2, -0.15) is 0 Å². The summed E-state index contributed by atoms with van der Waals surface area (Å²) in [5.74, 6) is 0. The Hall–Kier alpha value is 0.250. The first-order valence-corrected chi connectivity index (χ1v) is 2.62. The predicted molar refractivity (Wildman–Crippen MR) is 31.5 cm³/mol. The fraction of sp³-hybridized carbons (Fsp3) is 0.800. The van der Waals surface area contributed by atoms with Gasteiger partial charge in [-0.15, -0.1) is 11.6 Å². The van der Waals surface area contributed by atoms with E-state index in [-0.39, 0.29) is 11.5 Å². The summed E-state index contributed by atoms with van der Waals surface area (Å²) in [7, 11) is 1.59. The van der Waals surface area contributed by atoms with Crippen LogP contribution in [0.3, 0.4) is 0 Å². The van der Waals surface area contributed by atoms with Crippen LogP contribution in [0.2, 0.25) is 0 Å². The highest BCUT2D eigenvalue weighted by Crippen LogP contribution is 2.01. The second-order valence-electron chi connectivity index (χ2n) is 1.45. The first-order valence-electron chi connectivity index (χ1n) is 2.18. The second-order valence-corrected chi connectivity index (χ2v) is 2.14. The van der Waals surface area contributed by atoms with Gasteiger partial charge in [0.15, 0.2) is 0 Å². The molecule has 0 aromatic rings. The number of alkyl halides is 1. The number of hydrogen-bond donors (Lipinski definition) is 0. The van der Waals surface area contributed by atoms with Crippen LogP contribution in [0.15, 0.2) is 0 Å². The summed E-state index contributed by atoms with van der Waals surface area (Å²) in [6, 6.07) is 0. The molecule has 0 fully saturated rings. The maximum atomic E-state index is 5.54. The number of hydrogen-bond acceptors (Lipinski definition) is 1. The number of ether oxygens (including phenoxy) is 1. The first kappa shape index (κ1) is 7.25. The molecule has 0 bridgehead atoms. The molecular weight excluding hydrogens is 112 g/mol. The summed E-state index contributed by atoms with van der Waals surface area (Å²) in [4.78, 5) is 0. The number of methoxy groups -OCH3 is 1. The van der Waals surface area contributed by atoms with E-state index in [9.17, 15) is 0 Å². The van der Waals surface area contributed by atoms with Gasteiger partial charge in [-0.1, -0.05) is 0 Å². The monoisotopic (exact) mass is 121 g/mol. The molecule has 1 radical (unpaired) electrons. The minimum atomic E-state index is -0.0818. The van der Waals surface area contributed by atoms with E-state index in [2.05, 4.69) is 6.92 Å². The molecule has 0 amide bonds. The van der Waals surface area contributed by atoms with Gasteiger partial charge in [0.2, 0.25) is 0 Å². The minimum Gasteiger partial charge on any atom is -0.380 e. The van der Waals surface area contributed by atoms with Crippen LogP contribution in [0.1, 0.15) is 6.92 Å². The predicted octanol–water partition coefficient (Wildman–Crippen LogP) is 1.46. The summed E-state index contributed by atoms with van der Waals surface area (Å²) in [6.07, 6.45) is -0.0818. The zero-order valence-corrected chi connectivity index (χ0v) is 5.40. The summed E-state index contributed by atoms with van der Waals surface area (Å²) >= 11 is 5.54. The summed E-state index contributed by atoms with van der Waals surface area (Å²) in [5.41, 5.74) is 0. The highest BCUT2D eigenvalue weighted by molar-refractivity contribution is 6.20. The number of halogens is 1. The molecule has 0 aromatic carbocycles. The van der Waals surface area contributed by atoms with E-state index in [0.717, 1.165) is 0 Å². The van der Waals surface area contributed by atoms with Crippen molar-refractivity contribution in [2.45, 2.75) is 18.4 Å². The Morgan fingerprint density at radius 3 is 2.14 bits per heavy atom. The van der Waals surface area contributed by atoms with E-state index in [1.54, 1.807) is 7.11 Å². The van der Waals surface area contributed by atoms with Crippen molar-refractivity contribution in [3.8, 4) is 0 Å². The van der Waals surface area contributed by atoms with Crippen molar-refractivity contribution < 1.29 is 4.74 Å². The van der Waals surface area contributed by atoms with Crippen molar-refractivity contribution in [2.75, 3.05) is 7.11 Å². The Labute approximate surface area is 49.6 Å². The molecule has 0 aliphatic rings. The third-order valence-corrected chi connectivity index (χ3v) is 1.10. The van der Waals surface area contributed by atoms with Crippen LogP contribution in [-0.4, -0.2) is 18.6 Å². The van der Waals surface area contributed by atoms with Gasteiger partial charge >= 0.3 is 0 Å². The number of rotatable bonds is 2. The van der Waals surface area contributed by atoms with Crippen molar-refractivity contribution in [1.82, 2.24) is 0 Å². The molecule has 1 nitrogen and oxygen atoms in total. The van der Waals surface area contributed by atoms with Crippen LogP contribution < -0.4 is 0 Å². The van der Waals surface area contributed by atoms with E-state index in [0.29, 0.717) is 0 Å². The molecule has 0 aromatic heterocycles. The molecule has 0 aliphatic heterocycles. The fourth-order valence-corrected chi connectivity index (χ4v) is 0.290. The molecular formula is C5H10ClO. The molecule has 2 heteroatoms. The Balaban J connectivity index is 3.14. The lowest BCUT2D eigenvalue weighted by Crippen LogP contribution is -2.15. The highest BCUT2D eigenvalue weighted by atomic mass is 35.5. The zero-order valence-electron chi connectivity index (χ0n) is 4.65. The summed E-state index contributed by atoms with van der Waals surface area (Å²) < 4.78 is 4.77. The topological polar surface area (TPSA) is 9.23 Å². The average Bonchev–Trinajstić information content (AvgIpc) is 1.65. The molecule has 0 spiro atoms. The van der Waals surface area contributed by atoms with Gasteiger partial charge < -0.3 is 4.74 Å². The second kappa shape index (κ2) is 3.28. The van der Waals surface area contributed by atoms with Crippen LogP contribution in [0.5, 0.6) is 0 Å². The van der Waals surface area contributed by atoms with Crippen molar-refractivity contribution in [2.24, 2.45) is 0 Å². The molecule has 43 valence electrons. The minimum absolute atomic E-state index is 0.00463. The molecule has 0 rings (SSSR count). The third-order valence-electron chi connectivity index (χ3n) is 0.815. The molecule has 0 N–H and O–H groups in total. The molecule has 2 unspecified atom stereocenters. The van der Waals surface area contributed by atoms with Gasteiger partial charge in [0, 0.05) is 7.11 Å². The van der Waals surface area contributed by atoms with Gasteiger partial charge in [0.25, 0.3) is 0 Å². The maximum absolute atomic E-state index is 5.54. The normalized spacial score (nSPS) is 18.9. The van der Waals surface area contributed by atoms with Crippen LogP contribution in [-0.2, 0) is 4.74 Å². The molecule has 0 saturated carbocycles. The van der Waals surface area contributed by atoms with Gasteiger partial charge in [-0.3, -0.25) is 0 Å². The van der Waals surface area contributed by atoms with Crippen LogP contribution in [0, 0.1) is 6.92 Å². The van der Waals surface area contributed by atoms with E-state index in [4.69, 9.17) is 16.3 Å².